The Labute approximate surface area is 184 Å². The van der Waals surface area contributed by atoms with Crippen molar-refractivity contribution in [1.29, 1.82) is 0 Å². The molecule has 0 aromatic heterocycles. The van der Waals surface area contributed by atoms with E-state index in [0.717, 1.165) is 12.0 Å². The molecule has 1 fully saturated rings. The molecule has 2 aromatic carbocycles. The van der Waals surface area contributed by atoms with Gasteiger partial charge in [0.25, 0.3) is 0 Å². The van der Waals surface area contributed by atoms with Crippen molar-refractivity contribution in [2.24, 2.45) is 11.7 Å². The normalized spacial score (nSPS) is 17.9. The standard InChI is InChI=1S/C23H30N4O2.ClH/c1-2-12-25-23(29)26-20-10-8-17(9-11-20)13-22(28)27-15-19(14-24)21(16-27)18-6-4-3-5-7-18;/h3-11,19,21H,2,12-16,24H2,1H3,(H2,25,26,29);1H/t19-,21+;/m1./s1. The van der Waals surface area contributed by atoms with Crippen LogP contribution in [0.25, 0.3) is 0 Å². The number of amides is 3. The van der Waals surface area contributed by atoms with Gasteiger partial charge in [0, 0.05) is 31.2 Å². The second kappa shape index (κ2) is 11.6. The Balaban J connectivity index is 0.00000320. The molecule has 3 amide bonds. The molecule has 0 unspecified atom stereocenters. The van der Waals surface area contributed by atoms with E-state index in [1.54, 1.807) is 0 Å². The third kappa shape index (κ3) is 6.21. The number of urea groups is 1. The van der Waals surface area contributed by atoms with E-state index in [-0.39, 0.29) is 30.3 Å². The smallest absolute Gasteiger partial charge is 0.319 e. The molecule has 0 radical (unpaired) electrons. The number of anilines is 1. The van der Waals surface area contributed by atoms with Gasteiger partial charge in [0.15, 0.2) is 0 Å². The van der Waals surface area contributed by atoms with Crippen molar-refractivity contribution in [2.45, 2.75) is 25.7 Å². The zero-order chi connectivity index (χ0) is 20.6. The number of nitrogens with one attached hydrogen (secondary N) is 2. The quantitative estimate of drug-likeness (QED) is 0.629. The number of carbonyl (C=O) groups is 2. The Kier molecular flexibility index (Phi) is 9.15. The van der Waals surface area contributed by atoms with Crippen molar-refractivity contribution in [3.63, 3.8) is 0 Å². The topological polar surface area (TPSA) is 87.5 Å². The van der Waals surface area contributed by atoms with Gasteiger partial charge in [0.05, 0.1) is 6.42 Å². The summed E-state index contributed by atoms with van der Waals surface area (Å²) < 4.78 is 0. The van der Waals surface area contributed by atoms with Crippen LogP contribution in [0.1, 0.15) is 30.4 Å². The number of nitrogens with zero attached hydrogens (tertiary/aromatic N) is 1. The highest BCUT2D eigenvalue weighted by molar-refractivity contribution is 5.89. The maximum atomic E-state index is 12.8. The van der Waals surface area contributed by atoms with Crippen molar-refractivity contribution in [1.82, 2.24) is 10.2 Å². The van der Waals surface area contributed by atoms with Crippen LogP contribution in [0, 0.1) is 5.92 Å². The average molecular weight is 431 g/mol. The molecule has 1 aliphatic heterocycles. The van der Waals surface area contributed by atoms with E-state index in [4.69, 9.17) is 5.73 Å². The van der Waals surface area contributed by atoms with E-state index in [2.05, 4.69) is 22.8 Å². The van der Waals surface area contributed by atoms with Crippen LogP contribution in [0.15, 0.2) is 54.6 Å². The van der Waals surface area contributed by atoms with Gasteiger partial charge in [-0.1, -0.05) is 49.4 Å². The van der Waals surface area contributed by atoms with Gasteiger partial charge in [-0.25, -0.2) is 4.79 Å². The number of carbonyl (C=O) groups excluding carboxylic acids is 2. The van der Waals surface area contributed by atoms with Crippen LogP contribution in [0.2, 0.25) is 0 Å². The highest BCUT2D eigenvalue weighted by atomic mass is 35.5. The summed E-state index contributed by atoms with van der Waals surface area (Å²) in [5, 5.41) is 5.56. The van der Waals surface area contributed by atoms with Crippen LogP contribution in [-0.2, 0) is 11.2 Å². The minimum atomic E-state index is -0.215. The minimum absolute atomic E-state index is 0. The van der Waals surface area contributed by atoms with Gasteiger partial charge in [0.1, 0.15) is 0 Å². The maximum absolute atomic E-state index is 12.8. The summed E-state index contributed by atoms with van der Waals surface area (Å²) in [5.74, 6) is 0.691. The molecule has 0 saturated carbocycles. The summed E-state index contributed by atoms with van der Waals surface area (Å²) in [5.41, 5.74) is 8.87. The first-order valence-corrected chi connectivity index (χ1v) is 10.3. The van der Waals surface area contributed by atoms with E-state index in [0.29, 0.717) is 44.2 Å². The van der Waals surface area contributed by atoms with Crippen molar-refractivity contribution >= 4 is 30.0 Å². The molecule has 2 aromatic rings. The van der Waals surface area contributed by atoms with Gasteiger partial charge in [-0.15, -0.1) is 12.4 Å². The molecule has 1 aliphatic rings. The molecular weight excluding hydrogens is 400 g/mol. The number of likely N-dealkylation sites (tertiary alicyclic amines) is 1. The summed E-state index contributed by atoms with van der Waals surface area (Å²) >= 11 is 0. The third-order valence-electron chi connectivity index (χ3n) is 5.43. The zero-order valence-electron chi connectivity index (χ0n) is 17.3. The molecule has 3 rings (SSSR count). The molecular formula is C23H31ClN4O2. The summed E-state index contributed by atoms with van der Waals surface area (Å²) in [6, 6.07) is 17.5. The molecule has 6 nitrogen and oxygen atoms in total. The fourth-order valence-electron chi connectivity index (χ4n) is 3.80. The van der Waals surface area contributed by atoms with Gasteiger partial charge >= 0.3 is 6.03 Å². The van der Waals surface area contributed by atoms with Gasteiger partial charge < -0.3 is 21.3 Å². The fourth-order valence-corrected chi connectivity index (χ4v) is 3.80. The Morgan fingerprint density at radius 3 is 2.40 bits per heavy atom. The lowest BCUT2D eigenvalue weighted by molar-refractivity contribution is -0.129. The number of hydrogen-bond acceptors (Lipinski definition) is 3. The molecule has 0 spiro atoms. The van der Waals surface area contributed by atoms with Crippen LogP contribution in [0.5, 0.6) is 0 Å². The van der Waals surface area contributed by atoms with E-state index in [9.17, 15) is 9.59 Å². The first kappa shape index (κ1) is 23.7. The highest BCUT2D eigenvalue weighted by Crippen LogP contribution is 2.32. The largest absolute Gasteiger partial charge is 0.341 e. The summed E-state index contributed by atoms with van der Waals surface area (Å²) in [6.07, 6.45) is 1.24. The molecule has 2 atom stereocenters. The lowest BCUT2D eigenvalue weighted by atomic mass is 9.89. The van der Waals surface area contributed by atoms with Crippen molar-refractivity contribution in [3.05, 3.63) is 65.7 Å². The Morgan fingerprint density at radius 2 is 1.77 bits per heavy atom. The molecule has 1 heterocycles. The van der Waals surface area contributed by atoms with Crippen LogP contribution in [-0.4, -0.2) is 43.0 Å². The van der Waals surface area contributed by atoms with Crippen LogP contribution < -0.4 is 16.4 Å². The second-order valence-corrected chi connectivity index (χ2v) is 7.57. The predicted octanol–water partition coefficient (Wildman–Crippen LogP) is 3.38. The molecule has 0 bridgehead atoms. The molecule has 30 heavy (non-hydrogen) atoms. The van der Waals surface area contributed by atoms with E-state index in [1.165, 1.54) is 5.56 Å². The van der Waals surface area contributed by atoms with Crippen LogP contribution >= 0.6 is 12.4 Å². The summed E-state index contributed by atoms with van der Waals surface area (Å²) in [7, 11) is 0. The summed E-state index contributed by atoms with van der Waals surface area (Å²) in [4.78, 5) is 26.5. The van der Waals surface area contributed by atoms with Crippen molar-refractivity contribution in [2.75, 3.05) is 31.5 Å². The van der Waals surface area contributed by atoms with Crippen LogP contribution in [0.4, 0.5) is 10.5 Å². The van der Waals surface area contributed by atoms with Crippen molar-refractivity contribution in [3.8, 4) is 0 Å². The molecule has 7 heteroatoms. The van der Waals surface area contributed by atoms with Gasteiger partial charge in [-0.2, -0.15) is 0 Å². The second-order valence-electron chi connectivity index (χ2n) is 7.57. The van der Waals surface area contributed by atoms with Gasteiger partial charge in [0.2, 0.25) is 5.91 Å². The monoisotopic (exact) mass is 430 g/mol. The lowest BCUT2D eigenvalue weighted by Crippen LogP contribution is -2.31. The number of benzene rings is 2. The van der Waals surface area contributed by atoms with E-state index >= 15 is 0 Å². The van der Waals surface area contributed by atoms with Gasteiger partial charge in [-0.05, 0) is 42.1 Å². The van der Waals surface area contributed by atoms with Crippen molar-refractivity contribution < 1.29 is 9.59 Å². The fraction of sp³-hybridized carbons (Fsp3) is 0.391. The van der Waals surface area contributed by atoms with Gasteiger partial charge in [-0.3, -0.25) is 4.79 Å². The highest BCUT2D eigenvalue weighted by Gasteiger charge is 2.35. The number of nitrogens with two attached hydrogens (primary N) is 1. The first-order valence-electron chi connectivity index (χ1n) is 10.3. The third-order valence-corrected chi connectivity index (χ3v) is 5.43. The van der Waals surface area contributed by atoms with Crippen LogP contribution in [0.3, 0.4) is 0 Å². The minimum Gasteiger partial charge on any atom is -0.341 e. The molecule has 4 N–H and O–H groups in total. The Hall–Kier alpha value is -2.57. The maximum Gasteiger partial charge on any atom is 0.319 e. The first-order chi connectivity index (χ1) is 14.1. The summed E-state index contributed by atoms with van der Waals surface area (Å²) in [6.45, 7) is 4.63. The number of halogens is 1. The number of hydrogen-bond donors (Lipinski definition) is 3. The lowest BCUT2D eigenvalue weighted by Gasteiger charge is -2.17. The van der Waals surface area contributed by atoms with E-state index in [1.807, 2.05) is 54.3 Å². The predicted molar refractivity (Wildman–Crippen MR) is 123 cm³/mol. The zero-order valence-corrected chi connectivity index (χ0v) is 18.2. The Morgan fingerprint density at radius 1 is 1.07 bits per heavy atom. The average Bonchev–Trinajstić information content (AvgIpc) is 3.19. The molecule has 1 saturated heterocycles. The van der Waals surface area contributed by atoms with E-state index < -0.39 is 0 Å². The SMILES string of the molecule is CCCNC(=O)Nc1ccc(CC(=O)N2C[C@@H](CN)[C@H](c3ccccc3)C2)cc1.Cl. The number of rotatable bonds is 7. The Bertz CT molecular complexity index is 814. The molecule has 0 aliphatic carbocycles. The molecule has 162 valence electrons.